The topological polar surface area (TPSA) is 74.7 Å². The summed E-state index contributed by atoms with van der Waals surface area (Å²) in [6.07, 6.45) is 1.71. The Morgan fingerprint density at radius 1 is 1.09 bits per heavy atom. The number of carboxylic acids is 1. The number of nitrogens with zero attached hydrogens (tertiary/aromatic N) is 1. The van der Waals surface area contributed by atoms with Crippen LogP contribution in [-0.2, 0) is 16.0 Å². The van der Waals surface area contributed by atoms with E-state index in [-0.39, 0.29) is 37.1 Å². The normalized spacial score (nSPS) is 11.8. The lowest BCUT2D eigenvalue weighted by Crippen LogP contribution is -2.41. The summed E-state index contributed by atoms with van der Waals surface area (Å²) in [5, 5.41) is 8.92. The van der Waals surface area contributed by atoms with Crippen molar-refractivity contribution in [1.29, 1.82) is 0 Å². The SMILES string of the molecule is CCc1ccc(C(=O)CCC(=O)N(CC(=O)O)C(C)CC)cc1. The summed E-state index contributed by atoms with van der Waals surface area (Å²) in [5.74, 6) is -1.43. The van der Waals surface area contributed by atoms with Gasteiger partial charge in [-0.05, 0) is 25.3 Å². The van der Waals surface area contributed by atoms with Crippen molar-refractivity contribution in [3.8, 4) is 0 Å². The highest BCUT2D eigenvalue weighted by Gasteiger charge is 2.22. The minimum atomic E-state index is -1.04. The molecule has 0 aliphatic carbocycles. The third-order valence-electron chi connectivity index (χ3n) is 4.00. The van der Waals surface area contributed by atoms with Gasteiger partial charge in [0, 0.05) is 24.4 Å². The van der Waals surface area contributed by atoms with Crippen molar-refractivity contribution >= 4 is 17.7 Å². The molecule has 1 amide bonds. The summed E-state index contributed by atoms with van der Waals surface area (Å²) in [5.41, 5.74) is 1.74. The maximum Gasteiger partial charge on any atom is 0.323 e. The molecule has 1 N–H and O–H groups in total. The van der Waals surface area contributed by atoms with Crippen LogP contribution in [0.15, 0.2) is 24.3 Å². The van der Waals surface area contributed by atoms with Gasteiger partial charge >= 0.3 is 5.97 Å². The number of hydrogen-bond acceptors (Lipinski definition) is 3. The number of aryl methyl sites for hydroxylation is 1. The van der Waals surface area contributed by atoms with Crippen molar-refractivity contribution in [3.63, 3.8) is 0 Å². The Bertz CT molecular complexity index is 551. The zero-order valence-corrected chi connectivity index (χ0v) is 14.0. The van der Waals surface area contributed by atoms with Gasteiger partial charge in [0.05, 0.1) is 0 Å². The van der Waals surface area contributed by atoms with Gasteiger partial charge in [-0.3, -0.25) is 14.4 Å². The van der Waals surface area contributed by atoms with Gasteiger partial charge in [0.1, 0.15) is 6.54 Å². The van der Waals surface area contributed by atoms with Crippen LogP contribution in [0.1, 0.15) is 56.0 Å². The molecule has 1 unspecified atom stereocenters. The van der Waals surface area contributed by atoms with Crippen molar-refractivity contribution in [3.05, 3.63) is 35.4 Å². The lowest BCUT2D eigenvalue weighted by atomic mass is 10.0. The first-order valence-electron chi connectivity index (χ1n) is 8.02. The molecular formula is C18H25NO4. The Labute approximate surface area is 137 Å². The largest absolute Gasteiger partial charge is 0.480 e. The van der Waals surface area contributed by atoms with Gasteiger partial charge in [0.15, 0.2) is 5.78 Å². The number of carbonyl (C=O) groups excluding carboxylic acids is 2. The van der Waals surface area contributed by atoms with Crippen LogP contribution in [0.25, 0.3) is 0 Å². The number of benzene rings is 1. The fourth-order valence-corrected chi connectivity index (χ4v) is 2.29. The molecule has 23 heavy (non-hydrogen) atoms. The molecule has 0 aliphatic heterocycles. The second kappa shape index (κ2) is 9.08. The summed E-state index contributed by atoms with van der Waals surface area (Å²) in [7, 11) is 0. The molecule has 1 aromatic rings. The van der Waals surface area contributed by atoms with E-state index in [0.29, 0.717) is 12.0 Å². The van der Waals surface area contributed by atoms with E-state index in [4.69, 9.17) is 5.11 Å². The van der Waals surface area contributed by atoms with Crippen molar-refractivity contribution < 1.29 is 19.5 Å². The quantitative estimate of drug-likeness (QED) is 0.710. The van der Waals surface area contributed by atoms with E-state index in [1.807, 2.05) is 32.9 Å². The van der Waals surface area contributed by atoms with Crippen molar-refractivity contribution in [2.24, 2.45) is 0 Å². The Balaban J connectivity index is 2.64. The second-order valence-electron chi connectivity index (χ2n) is 5.65. The molecule has 0 saturated carbocycles. The van der Waals surface area contributed by atoms with Crippen molar-refractivity contribution in [2.75, 3.05) is 6.54 Å². The molecule has 5 nitrogen and oxygen atoms in total. The Morgan fingerprint density at radius 2 is 1.70 bits per heavy atom. The molecule has 0 heterocycles. The van der Waals surface area contributed by atoms with Crippen molar-refractivity contribution in [1.82, 2.24) is 4.90 Å². The number of amides is 1. The molecule has 1 atom stereocenters. The number of carbonyl (C=O) groups is 3. The standard InChI is InChI=1S/C18H25NO4/c1-4-13(3)19(12-18(22)23)17(21)11-10-16(20)15-8-6-14(5-2)7-9-15/h6-9,13H,4-5,10-12H2,1-3H3,(H,22,23). The summed E-state index contributed by atoms with van der Waals surface area (Å²) in [4.78, 5) is 36.6. The van der Waals surface area contributed by atoms with E-state index in [9.17, 15) is 14.4 Å². The van der Waals surface area contributed by atoms with Gasteiger partial charge in [-0.2, -0.15) is 0 Å². The molecule has 0 radical (unpaired) electrons. The molecule has 5 heteroatoms. The van der Waals surface area contributed by atoms with Crippen LogP contribution in [0.5, 0.6) is 0 Å². The molecule has 1 rings (SSSR count). The molecule has 0 fully saturated rings. The van der Waals surface area contributed by atoms with Crippen LogP contribution in [0.4, 0.5) is 0 Å². The zero-order valence-electron chi connectivity index (χ0n) is 14.0. The maximum atomic E-state index is 12.2. The van der Waals surface area contributed by atoms with E-state index in [1.165, 1.54) is 4.90 Å². The van der Waals surface area contributed by atoms with Gasteiger partial charge in [-0.1, -0.05) is 38.1 Å². The van der Waals surface area contributed by atoms with Crippen molar-refractivity contribution in [2.45, 2.75) is 52.5 Å². The van der Waals surface area contributed by atoms with E-state index < -0.39 is 5.97 Å². The van der Waals surface area contributed by atoms with Gasteiger partial charge < -0.3 is 10.0 Å². The van der Waals surface area contributed by atoms with Crippen LogP contribution in [0.3, 0.4) is 0 Å². The van der Waals surface area contributed by atoms with E-state index in [2.05, 4.69) is 0 Å². The number of rotatable bonds is 9. The third-order valence-corrected chi connectivity index (χ3v) is 4.00. The first-order chi connectivity index (χ1) is 10.9. The van der Waals surface area contributed by atoms with Crippen LogP contribution >= 0.6 is 0 Å². The summed E-state index contributed by atoms with van der Waals surface area (Å²) < 4.78 is 0. The lowest BCUT2D eigenvalue weighted by molar-refractivity contribution is -0.146. The molecule has 126 valence electrons. The Kier molecular flexibility index (Phi) is 7.45. The Morgan fingerprint density at radius 3 is 2.17 bits per heavy atom. The summed E-state index contributed by atoms with van der Waals surface area (Å²) in [6.45, 7) is 5.42. The van der Waals surface area contributed by atoms with Gasteiger partial charge in [0.2, 0.25) is 5.91 Å². The molecule has 0 aromatic heterocycles. The van der Waals surface area contributed by atoms with Crippen LogP contribution in [-0.4, -0.2) is 40.3 Å². The van der Waals surface area contributed by atoms with E-state index >= 15 is 0 Å². The predicted octanol–water partition coefficient (Wildman–Crippen LogP) is 2.92. The monoisotopic (exact) mass is 319 g/mol. The Hall–Kier alpha value is -2.17. The highest BCUT2D eigenvalue weighted by molar-refractivity contribution is 5.98. The number of Topliss-reactive ketones (excluding diaryl/α,β-unsaturated/α-hetero) is 1. The number of ketones is 1. The number of aliphatic carboxylic acids is 1. The molecule has 0 bridgehead atoms. The minimum absolute atomic E-state index is 0.0337. The predicted molar refractivity (Wildman–Crippen MR) is 88.5 cm³/mol. The highest BCUT2D eigenvalue weighted by atomic mass is 16.4. The molecular weight excluding hydrogens is 294 g/mol. The summed E-state index contributed by atoms with van der Waals surface area (Å²) in [6, 6.07) is 7.21. The fraction of sp³-hybridized carbons (Fsp3) is 0.500. The number of hydrogen-bond donors (Lipinski definition) is 1. The van der Waals surface area contributed by atoms with Crippen LogP contribution in [0.2, 0.25) is 0 Å². The first kappa shape index (κ1) is 18.9. The highest BCUT2D eigenvalue weighted by Crippen LogP contribution is 2.12. The van der Waals surface area contributed by atoms with Gasteiger partial charge in [-0.15, -0.1) is 0 Å². The number of carboxylic acid groups (broad SMARTS) is 1. The molecule has 0 spiro atoms. The minimum Gasteiger partial charge on any atom is -0.480 e. The molecule has 0 aliphatic rings. The van der Waals surface area contributed by atoms with Crippen LogP contribution < -0.4 is 0 Å². The average Bonchev–Trinajstić information content (AvgIpc) is 2.56. The average molecular weight is 319 g/mol. The first-order valence-corrected chi connectivity index (χ1v) is 8.02. The van der Waals surface area contributed by atoms with Crippen LogP contribution in [0, 0.1) is 0 Å². The lowest BCUT2D eigenvalue weighted by Gasteiger charge is -2.26. The van der Waals surface area contributed by atoms with Gasteiger partial charge in [-0.25, -0.2) is 0 Å². The van der Waals surface area contributed by atoms with Gasteiger partial charge in [0.25, 0.3) is 0 Å². The summed E-state index contributed by atoms with van der Waals surface area (Å²) >= 11 is 0. The fourth-order valence-electron chi connectivity index (χ4n) is 2.29. The second-order valence-corrected chi connectivity index (χ2v) is 5.65. The van der Waals surface area contributed by atoms with E-state index in [0.717, 1.165) is 12.0 Å². The zero-order chi connectivity index (χ0) is 17.4. The third kappa shape index (κ3) is 5.85. The molecule has 0 saturated heterocycles. The van der Waals surface area contributed by atoms with E-state index in [1.54, 1.807) is 12.1 Å². The molecule has 1 aromatic carbocycles. The maximum absolute atomic E-state index is 12.2. The smallest absolute Gasteiger partial charge is 0.323 e.